The number of rotatable bonds is 8. The van der Waals surface area contributed by atoms with E-state index in [1.165, 1.54) is 0 Å². The Balaban J connectivity index is 3.65. The van der Waals surface area contributed by atoms with Crippen LogP contribution < -0.4 is 0 Å². The van der Waals surface area contributed by atoms with Gasteiger partial charge in [0.05, 0.1) is 0 Å². The second-order valence-electron chi connectivity index (χ2n) is 2.73. The predicted octanol–water partition coefficient (Wildman–Crippen LogP) is -0.714. The second kappa shape index (κ2) is 9.36. The predicted molar refractivity (Wildman–Crippen MR) is 56.6 cm³/mol. The molecule has 0 aliphatic carbocycles. The molecule has 0 rings (SSSR count). The SMILES string of the molecule is O=C(O)/C=C/C(=O)OCCOOC(=O)/C=C/C(=O)O. The summed E-state index contributed by atoms with van der Waals surface area (Å²) in [7, 11) is 0. The lowest BCUT2D eigenvalue weighted by molar-refractivity contribution is -0.270. The Labute approximate surface area is 106 Å². The Morgan fingerprint density at radius 1 is 0.789 bits per heavy atom. The first-order valence-corrected chi connectivity index (χ1v) is 4.74. The van der Waals surface area contributed by atoms with Crippen LogP contribution in [0.2, 0.25) is 0 Å². The molecular formula is C10H10O9. The summed E-state index contributed by atoms with van der Waals surface area (Å²) in [6.45, 7) is -0.571. The van der Waals surface area contributed by atoms with Crippen molar-refractivity contribution < 1.29 is 43.9 Å². The van der Waals surface area contributed by atoms with Crippen LogP contribution in [-0.2, 0) is 33.7 Å². The largest absolute Gasteiger partial charge is 0.478 e. The van der Waals surface area contributed by atoms with Crippen molar-refractivity contribution in [3.05, 3.63) is 24.3 Å². The topological polar surface area (TPSA) is 136 Å². The average Bonchev–Trinajstić information content (AvgIpc) is 2.33. The van der Waals surface area contributed by atoms with Crippen LogP contribution in [0.15, 0.2) is 24.3 Å². The zero-order valence-corrected chi connectivity index (χ0v) is 9.48. The molecule has 0 saturated heterocycles. The van der Waals surface area contributed by atoms with Crippen LogP contribution in [-0.4, -0.2) is 47.3 Å². The Bertz CT molecular complexity index is 369. The molecule has 0 amide bonds. The minimum atomic E-state index is -1.32. The zero-order valence-electron chi connectivity index (χ0n) is 9.48. The van der Waals surface area contributed by atoms with E-state index in [0.717, 1.165) is 0 Å². The standard InChI is InChI=1S/C10H10O9/c11-7(12)1-3-9(15)17-5-6-18-19-10(16)4-2-8(13)14/h1-4H,5-6H2,(H,11,12)(H,13,14)/b3-1+,4-2+. The van der Waals surface area contributed by atoms with Gasteiger partial charge in [-0.3, -0.25) is 4.89 Å². The summed E-state index contributed by atoms with van der Waals surface area (Å²) >= 11 is 0. The summed E-state index contributed by atoms with van der Waals surface area (Å²) in [5.41, 5.74) is 0. The number of hydrogen-bond acceptors (Lipinski definition) is 7. The highest BCUT2D eigenvalue weighted by Crippen LogP contribution is 1.87. The number of carbonyl (C=O) groups is 4. The lowest BCUT2D eigenvalue weighted by Gasteiger charge is -2.01. The van der Waals surface area contributed by atoms with Crippen LogP contribution in [0.5, 0.6) is 0 Å². The minimum absolute atomic E-state index is 0.279. The van der Waals surface area contributed by atoms with E-state index in [9.17, 15) is 19.2 Å². The molecule has 0 saturated carbocycles. The molecule has 9 nitrogen and oxygen atoms in total. The van der Waals surface area contributed by atoms with Crippen LogP contribution >= 0.6 is 0 Å². The van der Waals surface area contributed by atoms with Gasteiger partial charge in [-0.15, -0.1) is 0 Å². The third-order valence-corrected chi connectivity index (χ3v) is 1.28. The summed E-state index contributed by atoms with van der Waals surface area (Å²) in [5.74, 6) is -4.56. The first-order valence-electron chi connectivity index (χ1n) is 4.74. The van der Waals surface area contributed by atoms with Crippen molar-refractivity contribution in [3.8, 4) is 0 Å². The first-order chi connectivity index (χ1) is 8.91. The average molecular weight is 274 g/mol. The van der Waals surface area contributed by atoms with Crippen molar-refractivity contribution in [2.75, 3.05) is 13.2 Å². The highest BCUT2D eigenvalue weighted by Gasteiger charge is 2.01. The highest BCUT2D eigenvalue weighted by molar-refractivity contribution is 5.91. The van der Waals surface area contributed by atoms with Crippen molar-refractivity contribution in [2.45, 2.75) is 0 Å². The zero-order chi connectivity index (χ0) is 14.7. The van der Waals surface area contributed by atoms with Gasteiger partial charge in [-0.2, -0.15) is 4.89 Å². The molecule has 2 N–H and O–H groups in total. The van der Waals surface area contributed by atoms with E-state index in [1.807, 2.05) is 0 Å². The first kappa shape index (κ1) is 16.3. The van der Waals surface area contributed by atoms with E-state index in [4.69, 9.17) is 10.2 Å². The number of carbonyl (C=O) groups excluding carboxylic acids is 2. The maximum Gasteiger partial charge on any atom is 0.366 e. The molecule has 0 bridgehead atoms. The molecule has 9 heteroatoms. The van der Waals surface area contributed by atoms with E-state index < -0.39 is 23.9 Å². The normalized spacial score (nSPS) is 10.5. The lowest BCUT2D eigenvalue weighted by atomic mass is 10.5. The Hall–Kier alpha value is -2.68. The molecule has 0 aromatic heterocycles. The van der Waals surface area contributed by atoms with Crippen LogP contribution in [0.1, 0.15) is 0 Å². The van der Waals surface area contributed by atoms with Crippen molar-refractivity contribution >= 4 is 23.9 Å². The number of ether oxygens (including phenoxy) is 1. The van der Waals surface area contributed by atoms with E-state index in [2.05, 4.69) is 14.5 Å². The molecule has 0 aliphatic heterocycles. The second-order valence-corrected chi connectivity index (χ2v) is 2.73. The molecule has 0 fully saturated rings. The van der Waals surface area contributed by atoms with E-state index in [1.54, 1.807) is 0 Å². The molecule has 0 radical (unpaired) electrons. The smallest absolute Gasteiger partial charge is 0.366 e. The monoisotopic (exact) mass is 274 g/mol. The van der Waals surface area contributed by atoms with Gasteiger partial charge in [0, 0.05) is 24.3 Å². The molecule has 19 heavy (non-hydrogen) atoms. The molecule has 104 valence electrons. The van der Waals surface area contributed by atoms with Crippen molar-refractivity contribution in [1.29, 1.82) is 0 Å². The number of carboxylic acid groups (broad SMARTS) is 2. The van der Waals surface area contributed by atoms with Crippen molar-refractivity contribution in [3.63, 3.8) is 0 Å². The van der Waals surface area contributed by atoms with Crippen LogP contribution in [0.3, 0.4) is 0 Å². The molecule has 0 aromatic rings. The summed E-state index contributed by atoms with van der Waals surface area (Å²) in [6.07, 6.45) is 2.48. The van der Waals surface area contributed by atoms with Crippen LogP contribution in [0.25, 0.3) is 0 Å². The fourth-order valence-corrected chi connectivity index (χ4v) is 0.631. The third kappa shape index (κ3) is 11.6. The number of hydrogen-bond donors (Lipinski definition) is 2. The van der Waals surface area contributed by atoms with Crippen molar-refractivity contribution in [1.82, 2.24) is 0 Å². The van der Waals surface area contributed by atoms with Gasteiger partial charge in [0.15, 0.2) is 0 Å². The molecule has 0 atom stereocenters. The molecule has 0 aliphatic rings. The lowest BCUT2D eigenvalue weighted by Crippen LogP contribution is -2.11. The maximum absolute atomic E-state index is 10.8. The van der Waals surface area contributed by atoms with Crippen LogP contribution in [0, 0.1) is 0 Å². The Morgan fingerprint density at radius 2 is 1.32 bits per heavy atom. The van der Waals surface area contributed by atoms with E-state index >= 15 is 0 Å². The van der Waals surface area contributed by atoms with Crippen molar-refractivity contribution in [2.24, 2.45) is 0 Å². The fraction of sp³-hybridized carbons (Fsp3) is 0.200. The van der Waals surface area contributed by atoms with Gasteiger partial charge in [0.2, 0.25) is 0 Å². The van der Waals surface area contributed by atoms with Gasteiger partial charge in [0.25, 0.3) is 0 Å². The minimum Gasteiger partial charge on any atom is -0.478 e. The van der Waals surface area contributed by atoms with Gasteiger partial charge in [0.1, 0.15) is 13.2 Å². The highest BCUT2D eigenvalue weighted by atomic mass is 17.2. The Morgan fingerprint density at radius 3 is 1.84 bits per heavy atom. The summed E-state index contributed by atoms with van der Waals surface area (Å²) in [4.78, 5) is 50.0. The third-order valence-electron chi connectivity index (χ3n) is 1.28. The quantitative estimate of drug-likeness (QED) is 0.193. The number of aliphatic carboxylic acids is 2. The van der Waals surface area contributed by atoms with Gasteiger partial charge >= 0.3 is 23.9 Å². The van der Waals surface area contributed by atoms with Gasteiger partial charge < -0.3 is 14.9 Å². The van der Waals surface area contributed by atoms with E-state index in [0.29, 0.717) is 24.3 Å². The molecule has 0 heterocycles. The number of esters is 1. The molecule has 0 unspecified atom stereocenters. The Kier molecular flexibility index (Phi) is 8.04. The van der Waals surface area contributed by atoms with Gasteiger partial charge in [-0.05, 0) is 0 Å². The number of carboxylic acids is 2. The molecular weight excluding hydrogens is 264 g/mol. The fourth-order valence-electron chi connectivity index (χ4n) is 0.631. The summed E-state index contributed by atoms with van der Waals surface area (Å²) in [5, 5.41) is 16.4. The molecule has 0 aromatic carbocycles. The van der Waals surface area contributed by atoms with Gasteiger partial charge in [-0.1, -0.05) is 0 Å². The summed E-state index contributed by atoms with van der Waals surface area (Å²) in [6, 6.07) is 0. The van der Waals surface area contributed by atoms with Crippen LogP contribution in [0.4, 0.5) is 0 Å². The van der Waals surface area contributed by atoms with Gasteiger partial charge in [-0.25, -0.2) is 19.2 Å². The maximum atomic E-state index is 10.8. The van der Waals surface area contributed by atoms with E-state index in [-0.39, 0.29) is 13.2 Å². The summed E-state index contributed by atoms with van der Waals surface area (Å²) < 4.78 is 4.45. The molecule has 0 spiro atoms.